The molecule has 46 heavy (non-hydrogen) atoms. The van der Waals surface area contributed by atoms with Crippen molar-refractivity contribution in [3.8, 4) is 27.9 Å². The molecule has 1 nitrogen and oxygen atoms in total. The van der Waals surface area contributed by atoms with Gasteiger partial charge in [-0.3, -0.25) is 0 Å². The number of para-hydroxylation sites is 1. The summed E-state index contributed by atoms with van der Waals surface area (Å²) >= 11 is 1.92. The predicted octanol–water partition coefficient (Wildman–Crippen LogP) is 12.8. The van der Waals surface area contributed by atoms with E-state index in [1.165, 1.54) is 91.5 Å². The molecule has 0 aliphatic rings. The Kier molecular flexibility index (Phi) is 5.51. The average molecular weight is 602 g/mol. The van der Waals surface area contributed by atoms with E-state index in [-0.39, 0.29) is 0 Å². The summed E-state index contributed by atoms with van der Waals surface area (Å²) in [4.78, 5) is 0. The van der Waals surface area contributed by atoms with Crippen LogP contribution in [-0.4, -0.2) is 4.57 Å². The van der Waals surface area contributed by atoms with Crippen LogP contribution in [0.15, 0.2) is 164 Å². The van der Waals surface area contributed by atoms with Crippen molar-refractivity contribution in [3.05, 3.63) is 164 Å². The first kappa shape index (κ1) is 25.6. The lowest BCUT2D eigenvalue weighted by atomic mass is 9.95. The molecule has 214 valence electrons. The molecule has 0 fully saturated rings. The fourth-order valence-corrected chi connectivity index (χ4v) is 8.76. The highest BCUT2D eigenvalue weighted by Gasteiger charge is 2.22. The van der Waals surface area contributed by atoms with E-state index in [0.717, 1.165) is 0 Å². The Labute approximate surface area is 270 Å². The SMILES string of the molecule is c1ccc(-c2ccc(-c3ccc(-n4c5ccccc5c5c6ccc7ccccc7c6c6sc7ccccc7c6c54)cc3)cc2)cc1. The van der Waals surface area contributed by atoms with Crippen molar-refractivity contribution < 1.29 is 0 Å². The lowest BCUT2D eigenvalue weighted by molar-refractivity contribution is 1.19. The average Bonchev–Trinajstić information content (AvgIpc) is 3.68. The van der Waals surface area contributed by atoms with Crippen LogP contribution in [0.1, 0.15) is 0 Å². The third-order valence-electron chi connectivity index (χ3n) is 9.58. The second kappa shape index (κ2) is 9.90. The molecule has 8 aromatic carbocycles. The van der Waals surface area contributed by atoms with E-state index in [1.54, 1.807) is 0 Å². The minimum absolute atomic E-state index is 1.17. The first-order valence-electron chi connectivity index (χ1n) is 15.8. The van der Waals surface area contributed by atoms with Gasteiger partial charge < -0.3 is 4.57 Å². The fourth-order valence-electron chi connectivity index (χ4n) is 7.49. The van der Waals surface area contributed by atoms with E-state index in [0.29, 0.717) is 0 Å². The van der Waals surface area contributed by atoms with Gasteiger partial charge in [-0.1, -0.05) is 140 Å². The van der Waals surface area contributed by atoms with Crippen molar-refractivity contribution in [2.24, 2.45) is 0 Å². The van der Waals surface area contributed by atoms with Gasteiger partial charge in [-0.05, 0) is 62.7 Å². The maximum Gasteiger partial charge on any atom is 0.0640 e. The molecule has 0 N–H and O–H groups in total. The second-order valence-electron chi connectivity index (χ2n) is 12.1. The van der Waals surface area contributed by atoms with Crippen molar-refractivity contribution in [2.45, 2.75) is 0 Å². The summed E-state index contributed by atoms with van der Waals surface area (Å²) in [6, 6.07) is 59.9. The monoisotopic (exact) mass is 601 g/mol. The van der Waals surface area contributed by atoms with E-state index in [2.05, 4.69) is 168 Å². The van der Waals surface area contributed by atoms with Gasteiger partial charge in [0.15, 0.2) is 0 Å². The predicted molar refractivity (Wildman–Crippen MR) is 200 cm³/mol. The van der Waals surface area contributed by atoms with Gasteiger partial charge in [-0.25, -0.2) is 0 Å². The summed E-state index contributed by atoms with van der Waals surface area (Å²) in [5.74, 6) is 0. The summed E-state index contributed by atoms with van der Waals surface area (Å²) < 4.78 is 5.19. The highest BCUT2D eigenvalue weighted by molar-refractivity contribution is 7.27. The van der Waals surface area contributed by atoms with Crippen LogP contribution in [0.3, 0.4) is 0 Å². The molecular weight excluding hydrogens is 575 g/mol. The van der Waals surface area contributed by atoms with E-state index in [1.807, 2.05) is 11.3 Å². The van der Waals surface area contributed by atoms with Crippen LogP contribution in [0.4, 0.5) is 0 Å². The van der Waals surface area contributed by atoms with Crippen molar-refractivity contribution in [3.63, 3.8) is 0 Å². The topological polar surface area (TPSA) is 4.93 Å². The Morgan fingerprint density at radius 1 is 0.370 bits per heavy atom. The summed E-state index contributed by atoms with van der Waals surface area (Å²) in [6.45, 7) is 0. The van der Waals surface area contributed by atoms with Crippen LogP contribution in [0.5, 0.6) is 0 Å². The molecule has 0 atom stereocenters. The zero-order chi connectivity index (χ0) is 30.2. The molecule has 0 unspecified atom stereocenters. The molecule has 2 aromatic heterocycles. The highest BCUT2D eigenvalue weighted by Crippen LogP contribution is 2.49. The number of benzene rings is 8. The van der Waals surface area contributed by atoms with Gasteiger partial charge in [-0.15, -0.1) is 11.3 Å². The van der Waals surface area contributed by atoms with Crippen LogP contribution in [0.25, 0.3) is 91.5 Å². The van der Waals surface area contributed by atoms with Crippen molar-refractivity contribution in [2.75, 3.05) is 0 Å². The molecule has 10 rings (SSSR count). The molecule has 0 radical (unpaired) electrons. The minimum atomic E-state index is 1.17. The van der Waals surface area contributed by atoms with Crippen LogP contribution < -0.4 is 0 Å². The Balaban J connectivity index is 1.25. The van der Waals surface area contributed by atoms with Crippen molar-refractivity contribution in [1.29, 1.82) is 0 Å². The molecule has 10 aromatic rings. The maximum absolute atomic E-state index is 2.50. The maximum atomic E-state index is 2.50. The summed E-state index contributed by atoms with van der Waals surface area (Å²) in [5, 5.41) is 10.6. The number of rotatable bonds is 3. The number of thiophene rings is 1. The van der Waals surface area contributed by atoms with E-state index in [4.69, 9.17) is 0 Å². The quantitative estimate of drug-likeness (QED) is 0.178. The third kappa shape index (κ3) is 3.68. The third-order valence-corrected chi connectivity index (χ3v) is 10.8. The van der Waals surface area contributed by atoms with Crippen LogP contribution in [0, 0.1) is 0 Å². The molecule has 2 heterocycles. The molecule has 2 heteroatoms. The number of nitrogens with zero attached hydrogens (tertiary/aromatic N) is 1. The Hall–Kier alpha value is -5.70. The first-order valence-corrected chi connectivity index (χ1v) is 16.6. The van der Waals surface area contributed by atoms with Gasteiger partial charge in [0.2, 0.25) is 0 Å². The lowest BCUT2D eigenvalue weighted by Gasteiger charge is -2.13. The zero-order valence-electron chi connectivity index (χ0n) is 24.9. The summed E-state index contributed by atoms with van der Waals surface area (Å²) in [6.07, 6.45) is 0. The molecule has 0 saturated heterocycles. The first-order chi connectivity index (χ1) is 22.8. The minimum Gasteiger partial charge on any atom is -0.309 e. The lowest BCUT2D eigenvalue weighted by Crippen LogP contribution is -1.94. The molecular formula is C44H27NS. The van der Waals surface area contributed by atoms with E-state index < -0.39 is 0 Å². The fraction of sp³-hybridized carbons (Fsp3) is 0. The van der Waals surface area contributed by atoms with Gasteiger partial charge in [0.25, 0.3) is 0 Å². The number of hydrogen-bond acceptors (Lipinski definition) is 1. The Bertz CT molecular complexity index is 2760. The Morgan fingerprint density at radius 3 is 1.72 bits per heavy atom. The molecule has 0 saturated carbocycles. The van der Waals surface area contributed by atoms with Crippen molar-refractivity contribution >= 4 is 74.9 Å². The van der Waals surface area contributed by atoms with Crippen molar-refractivity contribution in [1.82, 2.24) is 4.57 Å². The normalized spacial score (nSPS) is 11.9. The summed E-state index contributed by atoms with van der Waals surface area (Å²) in [7, 11) is 0. The Morgan fingerprint density at radius 2 is 0.957 bits per heavy atom. The molecule has 0 spiro atoms. The molecule has 0 amide bonds. The van der Waals surface area contributed by atoms with Gasteiger partial charge in [0, 0.05) is 42.0 Å². The van der Waals surface area contributed by atoms with Gasteiger partial charge in [0.1, 0.15) is 0 Å². The van der Waals surface area contributed by atoms with E-state index >= 15 is 0 Å². The highest BCUT2D eigenvalue weighted by atomic mass is 32.1. The van der Waals surface area contributed by atoms with Gasteiger partial charge in [0.05, 0.1) is 11.0 Å². The molecule has 0 aliphatic carbocycles. The van der Waals surface area contributed by atoms with Gasteiger partial charge in [-0.2, -0.15) is 0 Å². The number of fused-ring (bicyclic) bond motifs is 12. The number of aromatic nitrogens is 1. The van der Waals surface area contributed by atoms with Crippen LogP contribution in [-0.2, 0) is 0 Å². The largest absolute Gasteiger partial charge is 0.309 e. The van der Waals surface area contributed by atoms with Crippen LogP contribution in [0.2, 0.25) is 0 Å². The second-order valence-corrected chi connectivity index (χ2v) is 13.1. The summed E-state index contributed by atoms with van der Waals surface area (Å²) in [5.41, 5.74) is 8.60. The van der Waals surface area contributed by atoms with Crippen LogP contribution >= 0.6 is 11.3 Å². The zero-order valence-corrected chi connectivity index (χ0v) is 25.8. The molecule has 0 aliphatic heterocycles. The van der Waals surface area contributed by atoms with Gasteiger partial charge >= 0.3 is 0 Å². The number of hydrogen-bond donors (Lipinski definition) is 0. The molecule has 0 bridgehead atoms. The van der Waals surface area contributed by atoms with E-state index in [9.17, 15) is 0 Å². The smallest absolute Gasteiger partial charge is 0.0640 e. The standard InChI is InChI=1S/C44H27NS/c1-2-10-28(11-3-1)29-18-20-30(21-19-29)31-22-25-33(26-23-31)45-38-16-8-6-14-35(38)40-37-27-24-32-12-4-5-13-34(32)41(37)44-42(43(40)45)36-15-7-9-17-39(36)46-44/h1-27H.